The van der Waals surface area contributed by atoms with Crippen LogP contribution in [0.5, 0.6) is 0 Å². The molecule has 5 rings (SSSR count). The van der Waals surface area contributed by atoms with Crippen molar-refractivity contribution in [2.75, 3.05) is 13.1 Å². The average molecular weight is 451 g/mol. The van der Waals surface area contributed by atoms with Gasteiger partial charge in [0.2, 0.25) is 0 Å². The first-order valence-electron chi connectivity index (χ1n) is 11.4. The van der Waals surface area contributed by atoms with E-state index in [0.29, 0.717) is 35.7 Å². The Morgan fingerprint density at radius 2 is 1.85 bits per heavy atom. The summed E-state index contributed by atoms with van der Waals surface area (Å²) in [6.45, 7) is 1.22. The molecule has 1 aliphatic heterocycles. The molecule has 34 heavy (non-hydrogen) atoms. The molecule has 170 valence electrons. The van der Waals surface area contributed by atoms with E-state index in [-0.39, 0.29) is 11.9 Å². The summed E-state index contributed by atoms with van der Waals surface area (Å²) in [5, 5.41) is 4.68. The number of aromatic nitrogens is 3. The van der Waals surface area contributed by atoms with Gasteiger partial charge < -0.3 is 10.6 Å². The quantitative estimate of drug-likeness (QED) is 0.449. The number of hydrogen-bond donors (Lipinski definition) is 1. The van der Waals surface area contributed by atoms with Crippen LogP contribution < -0.4 is 5.73 Å². The number of allylic oxidation sites excluding steroid dienone is 1. The summed E-state index contributed by atoms with van der Waals surface area (Å²) in [6.07, 6.45) is 8.91. The summed E-state index contributed by atoms with van der Waals surface area (Å²) < 4.78 is 1.68. The van der Waals surface area contributed by atoms with Crippen LogP contribution in [0.2, 0.25) is 0 Å². The summed E-state index contributed by atoms with van der Waals surface area (Å²) in [7, 11) is 0. The smallest absolute Gasteiger partial charge is 0.260 e. The standard InChI is InChI=1S/C27H26N6O/c28-23(20-9-3-1-4-10-20)14-16-29-19-22-13-7-17-32(22)27(34)24-25(21-11-5-2-6-12-21)31-33-18-8-15-30-26(24)33/h1-6,8-12,14-16,18,22H,7,13,17,19,28H2/b23-14-,29-16?/t22-/m0/s1. The van der Waals surface area contributed by atoms with Gasteiger partial charge in [-0.1, -0.05) is 60.7 Å². The summed E-state index contributed by atoms with van der Waals surface area (Å²) in [4.78, 5) is 24.8. The number of rotatable bonds is 6. The van der Waals surface area contributed by atoms with Gasteiger partial charge in [0.05, 0.1) is 12.6 Å². The second kappa shape index (κ2) is 9.70. The second-order valence-electron chi connectivity index (χ2n) is 8.27. The normalized spacial score (nSPS) is 16.5. The number of hydrogen-bond acceptors (Lipinski definition) is 5. The Labute approximate surface area is 198 Å². The summed E-state index contributed by atoms with van der Waals surface area (Å²) in [5.41, 5.74) is 10.4. The van der Waals surface area contributed by atoms with Crippen LogP contribution in [0.4, 0.5) is 0 Å². The topological polar surface area (TPSA) is 88.9 Å². The van der Waals surface area contributed by atoms with Crippen LogP contribution >= 0.6 is 0 Å². The molecule has 7 nitrogen and oxygen atoms in total. The lowest BCUT2D eigenvalue weighted by molar-refractivity contribution is 0.0744. The van der Waals surface area contributed by atoms with Crippen molar-refractivity contribution < 1.29 is 4.79 Å². The van der Waals surface area contributed by atoms with Crippen LogP contribution in [0.1, 0.15) is 28.8 Å². The van der Waals surface area contributed by atoms with E-state index in [0.717, 1.165) is 24.0 Å². The fraction of sp³-hybridized carbons (Fsp3) is 0.185. The van der Waals surface area contributed by atoms with Gasteiger partial charge in [0.1, 0.15) is 11.3 Å². The van der Waals surface area contributed by atoms with Crippen molar-refractivity contribution in [2.24, 2.45) is 10.7 Å². The number of carbonyl (C=O) groups is 1. The molecule has 3 heterocycles. The van der Waals surface area contributed by atoms with E-state index in [2.05, 4.69) is 15.1 Å². The maximum absolute atomic E-state index is 13.8. The SMILES string of the molecule is N/C(=C\C=NC[C@@H]1CCCN1C(=O)c1c(-c2ccccc2)nn2cccnc12)c1ccccc1. The maximum Gasteiger partial charge on any atom is 0.260 e. The molecule has 2 aromatic heterocycles. The molecule has 7 heteroatoms. The Balaban J connectivity index is 1.38. The Hall–Kier alpha value is -4.26. The third-order valence-electron chi connectivity index (χ3n) is 6.08. The molecular weight excluding hydrogens is 424 g/mol. The molecule has 2 N–H and O–H groups in total. The Bertz CT molecular complexity index is 1340. The van der Waals surface area contributed by atoms with E-state index >= 15 is 0 Å². The summed E-state index contributed by atoms with van der Waals surface area (Å²) >= 11 is 0. The lowest BCUT2D eigenvalue weighted by Gasteiger charge is -2.23. The molecule has 0 unspecified atom stereocenters. The number of nitrogens with zero attached hydrogens (tertiary/aromatic N) is 5. The molecule has 1 amide bonds. The van der Waals surface area contributed by atoms with Crippen molar-refractivity contribution in [1.82, 2.24) is 19.5 Å². The summed E-state index contributed by atoms with van der Waals surface area (Å²) in [5.74, 6) is -0.0513. The molecule has 1 atom stereocenters. The number of aliphatic imine (C=N–C) groups is 1. The average Bonchev–Trinajstić information content (AvgIpc) is 3.52. The van der Waals surface area contributed by atoms with Crippen LogP contribution in [0.3, 0.4) is 0 Å². The largest absolute Gasteiger partial charge is 0.398 e. The molecule has 1 saturated heterocycles. The van der Waals surface area contributed by atoms with E-state index in [1.54, 1.807) is 23.0 Å². The number of amides is 1. The minimum atomic E-state index is -0.0513. The zero-order chi connectivity index (χ0) is 23.3. The van der Waals surface area contributed by atoms with E-state index in [1.165, 1.54) is 0 Å². The Morgan fingerprint density at radius 3 is 2.65 bits per heavy atom. The number of nitrogens with two attached hydrogens (primary N) is 1. The lowest BCUT2D eigenvalue weighted by atomic mass is 10.1. The van der Waals surface area contributed by atoms with Gasteiger partial charge in [-0.15, -0.1) is 0 Å². The van der Waals surface area contributed by atoms with Crippen molar-refractivity contribution in [3.63, 3.8) is 0 Å². The van der Waals surface area contributed by atoms with E-state index in [1.807, 2.05) is 77.8 Å². The second-order valence-corrected chi connectivity index (χ2v) is 8.27. The molecule has 0 radical (unpaired) electrons. The van der Waals surface area contributed by atoms with Crippen LogP contribution in [-0.4, -0.2) is 50.8 Å². The highest BCUT2D eigenvalue weighted by Gasteiger charge is 2.33. The molecule has 1 fully saturated rings. The van der Waals surface area contributed by atoms with Gasteiger partial charge in [-0.3, -0.25) is 9.79 Å². The van der Waals surface area contributed by atoms with Gasteiger partial charge in [-0.05, 0) is 30.5 Å². The third kappa shape index (κ3) is 4.32. The highest BCUT2D eigenvalue weighted by atomic mass is 16.2. The van der Waals surface area contributed by atoms with Crippen molar-refractivity contribution in [3.8, 4) is 11.3 Å². The molecule has 4 aromatic rings. The first-order chi connectivity index (χ1) is 16.7. The van der Waals surface area contributed by atoms with Crippen LogP contribution in [0.15, 0.2) is 90.2 Å². The molecule has 2 aromatic carbocycles. The monoisotopic (exact) mass is 450 g/mol. The molecule has 0 aliphatic carbocycles. The molecule has 0 saturated carbocycles. The van der Waals surface area contributed by atoms with Crippen LogP contribution in [0.25, 0.3) is 22.6 Å². The Kier molecular flexibility index (Phi) is 6.16. The van der Waals surface area contributed by atoms with Gasteiger partial charge in [0.25, 0.3) is 5.91 Å². The molecular formula is C27H26N6O. The predicted molar refractivity (Wildman–Crippen MR) is 134 cm³/mol. The maximum atomic E-state index is 13.8. The van der Waals surface area contributed by atoms with Crippen molar-refractivity contribution in [3.05, 3.63) is 96.3 Å². The summed E-state index contributed by atoms with van der Waals surface area (Å²) in [6, 6.07) is 21.4. The number of benzene rings is 2. The molecule has 1 aliphatic rings. The van der Waals surface area contributed by atoms with Crippen molar-refractivity contribution >= 4 is 23.5 Å². The highest BCUT2D eigenvalue weighted by molar-refractivity contribution is 6.05. The number of carbonyl (C=O) groups excluding carboxylic acids is 1. The lowest BCUT2D eigenvalue weighted by Crippen LogP contribution is -2.37. The molecule has 0 bridgehead atoms. The van der Waals surface area contributed by atoms with E-state index in [4.69, 9.17) is 5.73 Å². The number of likely N-dealkylation sites (tertiary alicyclic amines) is 1. The van der Waals surface area contributed by atoms with E-state index < -0.39 is 0 Å². The fourth-order valence-corrected chi connectivity index (χ4v) is 4.36. The van der Waals surface area contributed by atoms with Crippen molar-refractivity contribution in [1.29, 1.82) is 0 Å². The zero-order valence-electron chi connectivity index (χ0n) is 18.8. The number of fused-ring (bicyclic) bond motifs is 1. The van der Waals surface area contributed by atoms with Crippen LogP contribution in [0, 0.1) is 0 Å². The third-order valence-corrected chi connectivity index (χ3v) is 6.08. The highest BCUT2D eigenvalue weighted by Crippen LogP contribution is 2.29. The van der Waals surface area contributed by atoms with Gasteiger partial charge in [-0.2, -0.15) is 5.10 Å². The first-order valence-corrected chi connectivity index (χ1v) is 11.4. The molecule has 0 spiro atoms. The Morgan fingerprint density at radius 1 is 1.09 bits per heavy atom. The predicted octanol–water partition coefficient (Wildman–Crippen LogP) is 4.07. The van der Waals surface area contributed by atoms with Gasteiger partial charge in [0.15, 0.2) is 5.65 Å². The van der Waals surface area contributed by atoms with Gasteiger partial charge in [0, 0.05) is 36.4 Å². The van der Waals surface area contributed by atoms with E-state index in [9.17, 15) is 4.79 Å². The minimum Gasteiger partial charge on any atom is -0.398 e. The van der Waals surface area contributed by atoms with Crippen LogP contribution in [-0.2, 0) is 0 Å². The fourth-order valence-electron chi connectivity index (χ4n) is 4.36. The van der Waals surface area contributed by atoms with Gasteiger partial charge in [-0.25, -0.2) is 9.50 Å². The zero-order valence-corrected chi connectivity index (χ0v) is 18.8. The first kappa shape index (κ1) is 21.6. The van der Waals surface area contributed by atoms with Gasteiger partial charge >= 0.3 is 0 Å². The minimum absolute atomic E-state index is 0.0254. The van der Waals surface area contributed by atoms with Crippen molar-refractivity contribution in [2.45, 2.75) is 18.9 Å².